The molecule has 0 bridgehead atoms. The predicted octanol–water partition coefficient (Wildman–Crippen LogP) is -0.550. The first kappa shape index (κ1) is 14.5. The van der Waals surface area contributed by atoms with Gasteiger partial charge in [-0.15, -0.1) is 0 Å². The van der Waals surface area contributed by atoms with Crippen LogP contribution in [0.15, 0.2) is 18.2 Å². The van der Waals surface area contributed by atoms with Crippen LogP contribution in [0.1, 0.15) is 12.0 Å². The Kier molecular flexibility index (Phi) is 3.13. The number of fused-ring (bicyclic) bond motifs is 2. The maximum atomic E-state index is 12.5. The van der Waals surface area contributed by atoms with Crippen molar-refractivity contribution in [3.8, 4) is 0 Å². The number of carbonyl (C=O) groups is 2. The minimum absolute atomic E-state index is 0.0658. The smallest absolute Gasteiger partial charge is 0.314 e. The van der Waals surface area contributed by atoms with Crippen LogP contribution in [0, 0.1) is 16.0 Å². The summed E-state index contributed by atoms with van der Waals surface area (Å²) < 4.78 is 4.78. The molecular formula is C14H16N3O5+. The second kappa shape index (κ2) is 4.77. The molecule has 1 amide bonds. The van der Waals surface area contributed by atoms with Crippen LogP contribution < -0.4 is 10.2 Å². The molecule has 2 aliphatic heterocycles. The lowest BCUT2D eigenvalue weighted by atomic mass is 9.86. The number of carbonyl (C=O) groups excluding carboxylic acids is 2. The minimum atomic E-state index is -0.972. The highest BCUT2D eigenvalue weighted by molar-refractivity contribution is 6.05. The Hall–Kier alpha value is -2.48. The van der Waals surface area contributed by atoms with Gasteiger partial charge in [-0.05, 0) is 6.07 Å². The van der Waals surface area contributed by atoms with Crippen molar-refractivity contribution in [2.45, 2.75) is 12.0 Å². The zero-order valence-corrected chi connectivity index (χ0v) is 12.2. The van der Waals surface area contributed by atoms with Crippen molar-refractivity contribution in [2.75, 3.05) is 26.0 Å². The number of hydrogen-bond donors (Lipinski definition) is 2. The van der Waals surface area contributed by atoms with Gasteiger partial charge in [0.15, 0.2) is 0 Å². The van der Waals surface area contributed by atoms with Crippen LogP contribution in [0.4, 0.5) is 11.4 Å². The summed E-state index contributed by atoms with van der Waals surface area (Å²) in [6.45, 7) is 0.447. The topological polar surface area (TPSA) is 103 Å². The van der Waals surface area contributed by atoms with E-state index in [0.717, 1.165) is 4.90 Å². The number of rotatable bonds is 2. The molecule has 8 heteroatoms. The molecular weight excluding hydrogens is 290 g/mol. The van der Waals surface area contributed by atoms with Crippen molar-refractivity contribution in [1.29, 1.82) is 0 Å². The number of quaternary nitrogens is 1. The molecule has 1 aromatic carbocycles. The van der Waals surface area contributed by atoms with Crippen LogP contribution in [0.5, 0.6) is 0 Å². The molecule has 0 saturated carbocycles. The molecule has 1 fully saturated rings. The molecule has 1 unspecified atom stereocenters. The van der Waals surface area contributed by atoms with Gasteiger partial charge in [-0.2, -0.15) is 0 Å². The Balaban J connectivity index is 2.09. The maximum absolute atomic E-state index is 12.5. The summed E-state index contributed by atoms with van der Waals surface area (Å²) in [5, 5.41) is 13.8. The van der Waals surface area contributed by atoms with E-state index in [1.54, 1.807) is 6.07 Å². The molecule has 2 N–H and O–H groups in total. The molecule has 1 aromatic rings. The fourth-order valence-electron chi connectivity index (χ4n) is 3.58. The summed E-state index contributed by atoms with van der Waals surface area (Å²) in [6, 6.07) is 4.33. The normalized spacial score (nSPS) is 29.3. The molecule has 1 saturated heterocycles. The third kappa shape index (κ3) is 1.80. The number of anilines is 1. The molecule has 0 aromatic heterocycles. The molecule has 116 valence electrons. The van der Waals surface area contributed by atoms with E-state index < -0.39 is 16.4 Å². The highest BCUT2D eigenvalue weighted by Crippen LogP contribution is 2.42. The van der Waals surface area contributed by atoms with Crippen molar-refractivity contribution in [1.82, 2.24) is 0 Å². The number of nitrogens with one attached hydrogen (secondary N) is 2. The molecule has 0 aliphatic carbocycles. The second-order valence-electron chi connectivity index (χ2n) is 5.76. The van der Waals surface area contributed by atoms with Gasteiger partial charge in [0, 0.05) is 18.6 Å². The van der Waals surface area contributed by atoms with Crippen LogP contribution in [-0.4, -0.2) is 37.5 Å². The lowest BCUT2D eigenvalue weighted by Gasteiger charge is -2.26. The van der Waals surface area contributed by atoms with Crippen LogP contribution in [0.25, 0.3) is 0 Å². The second-order valence-corrected chi connectivity index (χ2v) is 5.76. The van der Waals surface area contributed by atoms with Crippen molar-refractivity contribution in [3.63, 3.8) is 0 Å². The van der Waals surface area contributed by atoms with Crippen LogP contribution in [-0.2, 0) is 19.9 Å². The average molecular weight is 306 g/mol. The molecule has 3 rings (SSSR count). The number of esters is 1. The number of benzene rings is 1. The van der Waals surface area contributed by atoms with Gasteiger partial charge in [-0.1, -0.05) is 0 Å². The molecule has 2 heterocycles. The summed E-state index contributed by atoms with van der Waals surface area (Å²) in [5.74, 6) is -0.990. The van der Waals surface area contributed by atoms with Gasteiger partial charge in [-0.3, -0.25) is 19.7 Å². The van der Waals surface area contributed by atoms with E-state index in [0.29, 0.717) is 17.8 Å². The molecule has 8 nitrogen and oxygen atoms in total. The number of ether oxygens (including phenoxy) is 1. The van der Waals surface area contributed by atoms with Gasteiger partial charge in [-0.25, -0.2) is 0 Å². The largest absolute Gasteiger partial charge is 0.469 e. The average Bonchev–Trinajstić information content (AvgIpc) is 2.98. The number of hydrogen-bond acceptors (Lipinski definition) is 5. The van der Waals surface area contributed by atoms with Crippen molar-refractivity contribution >= 4 is 23.3 Å². The van der Waals surface area contributed by atoms with E-state index in [4.69, 9.17) is 4.74 Å². The van der Waals surface area contributed by atoms with Gasteiger partial charge in [0.2, 0.25) is 5.54 Å². The van der Waals surface area contributed by atoms with E-state index in [1.165, 1.54) is 19.2 Å². The van der Waals surface area contributed by atoms with Gasteiger partial charge >= 0.3 is 5.97 Å². The monoisotopic (exact) mass is 306 g/mol. The number of non-ortho nitro benzene ring substituents is 1. The lowest BCUT2D eigenvalue weighted by Crippen LogP contribution is -3.15. The van der Waals surface area contributed by atoms with Crippen molar-refractivity contribution < 1.29 is 24.1 Å². The fraction of sp³-hybridized carbons (Fsp3) is 0.429. The molecule has 2 aliphatic rings. The highest BCUT2D eigenvalue weighted by Gasteiger charge is 2.61. The molecule has 3 atom stereocenters. The van der Waals surface area contributed by atoms with Crippen LogP contribution in [0.3, 0.4) is 0 Å². The zero-order chi connectivity index (χ0) is 16.1. The molecule has 1 spiro atoms. The van der Waals surface area contributed by atoms with Crippen LogP contribution >= 0.6 is 0 Å². The lowest BCUT2D eigenvalue weighted by molar-refractivity contribution is -0.917. The number of likely N-dealkylation sites (N-methyl/N-ethyl adjacent to an activating group) is 1. The molecule has 0 radical (unpaired) electrons. The van der Waals surface area contributed by atoms with Crippen LogP contribution in [0.2, 0.25) is 0 Å². The maximum Gasteiger partial charge on any atom is 0.314 e. The van der Waals surface area contributed by atoms with E-state index in [2.05, 4.69) is 5.32 Å². The Labute approximate surface area is 126 Å². The number of likely N-dealkylation sites (tertiary alicyclic amines) is 1. The van der Waals surface area contributed by atoms with Gasteiger partial charge in [0.05, 0.1) is 36.9 Å². The Morgan fingerprint density at radius 1 is 1.55 bits per heavy atom. The minimum Gasteiger partial charge on any atom is -0.469 e. The van der Waals surface area contributed by atoms with Gasteiger partial charge in [0.1, 0.15) is 5.92 Å². The van der Waals surface area contributed by atoms with E-state index in [1.807, 2.05) is 7.05 Å². The quantitative estimate of drug-likeness (QED) is 0.433. The zero-order valence-electron chi connectivity index (χ0n) is 12.2. The Bertz CT molecular complexity index is 689. The first-order valence-corrected chi connectivity index (χ1v) is 6.91. The number of amides is 1. The number of nitro benzene ring substituents is 1. The Morgan fingerprint density at radius 2 is 2.27 bits per heavy atom. The predicted molar refractivity (Wildman–Crippen MR) is 75.3 cm³/mol. The van der Waals surface area contributed by atoms with Crippen molar-refractivity contribution in [3.05, 3.63) is 33.9 Å². The summed E-state index contributed by atoms with van der Waals surface area (Å²) in [6.07, 6.45) is 0.283. The third-order valence-electron chi connectivity index (χ3n) is 4.68. The summed E-state index contributed by atoms with van der Waals surface area (Å²) in [4.78, 5) is 35.7. The first-order chi connectivity index (χ1) is 10.4. The third-order valence-corrected chi connectivity index (χ3v) is 4.68. The highest BCUT2D eigenvalue weighted by atomic mass is 16.6. The molecule has 22 heavy (non-hydrogen) atoms. The first-order valence-electron chi connectivity index (χ1n) is 6.91. The van der Waals surface area contributed by atoms with Crippen molar-refractivity contribution in [2.24, 2.45) is 5.92 Å². The summed E-state index contributed by atoms with van der Waals surface area (Å²) >= 11 is 0. The number of nitro groups is 1. The Morgan fingerprint density at radius 3 is 2.91 bits per heavy atom. The standard InChI is InChI=1S/C14H15N3O5/c1-16-7-8(12(18)22-2)6-14(16)10-5-9(17(20)21)3-4-11(10)15-13(14)19/h3-5,8H,6-7H2,1-2H3,(H,15,19)/p+1/t8-,14+/m1/s1. The van der Waals surface area contributed by atoms with Gasteiger partial charge in [0.25, 0.3) is 11.6 Å². The number of methoxy groups -OCH3 is 1. The van der Waals surface area contributed by atoms with E-state index in [9.17, 15) is 19.7 Å². The number of nitrogens with zero attached hydrogens (tertiary/aromatic N) is 1. The summed E-state index contributed by atoms with van der Waals surface area (Å²) in [7, 11) is 3.13. The van der Waals surface area contributed by atoms with E-state index in [-0.39, 0.29) is 24.0 Å². The van der Waals surface area contributed by atoms with Gasteiger partial charge < -0.3 is 15.0 Å². The fourth-order valence-corrected chi connectivity index (χ4v) is 3.58. The SMILES string of the molecule is COC(=O)[C@H]1C[NH+](C)[C@]2(C1)C(=O)Nc1ccc([N+](=O)[O-])cc12. The van der Waals surface area contributed by atoms with E-state index >= 15 is 0 Å². The summed E-state index contributed by atoms with van der Waals surface area (Å²) in [5.41, 5.74) is 0.111.